The van der Waals surface area contributed by atoms with Crippen molar-refractivity contribution in [1.29, 1.82) is 0 Å². The average molecular weight is 669 g/mol. The fraction of sp³-hybridized carbons (Fsp3) is 0.538. The molecule has 0 bridgehead atoms. The van der Waals surface area contributed by atoms with Gasteiger partial charge in [0, 0.05) is 0 Å². The smallest absolute Gasteiger partial charge is 0.474 e. The number of phosphoric ester groups is 1. The van der Waals surface area contributed by atoms with Crippen molar-refractivity contribution in [3.05, 3.63) is 86.5 Å². The van der Waals surface area contributed by atoms with Crippen LogP contribution in [0.2, 0.25) is 0 Å². The predicted molar refractivity (Wildman–Crippen MR) is 192 cm³/mol. The first-order valence-electron chi connectivity index (χ1n) is 17.3. The third-order valence-corrected chi connectivity index (χ3v) is 10.6. The molecule has 3 rings (SSSR count). The van der Waals surface area contributed by atoms with E-state index < -0.39 is 7.82 Å². The first-order valence-corrected chi connectivity index (χ1v) is 18.8. The Labute approximate surface area is 283 Å². The van der Waals surface area contributed by atoms with Gasteiger partial charge in [0.2, 0.25) is 0 Å². The summed E-state index contributed by atoms with van der Waals surface area (Å²) >= 11 is 0. The van der Waals surface area contributed by atoms with Crippen molar-refractivity contribution in [1.82, 2.24) is 0 Å². The Balaban J connectivity index is 1.80. The van der Waals surface area contributed by atoms with Crippen molar-refractivity contribution in [3.8, 4) is 17.2 Å². The van der Waals surface area contributed by atoms with Crippen molar-refractivity contribution in [2.45, 2.75) is 99.3 Å². The molecule has 3 aromatic carbocycles. The van der Waals surface area contributed by atoms with E-state index >= 15 is 0 Å². The maximum Gasteiger partial charge on any atom is 0.474 e. The van der Waals surface area contributed by atoms with Gasteiger partial charge in [-0.25, -0.2) is 4.57 Å². The molecule has 0 spiro atoms. The van der Waals surface area contributed by atoms with E-state index in [1.807, 2.05) is 18.2 Å². The summed E-state index contributed by atoms with van der Waals surface area (Å²) in [7, 11) is 1.24. The molecule has 0 aliphatic rings. The third kappa shape index (κ3) is 9.63. The Bertz CT molecular complexity index is 1310. The second kappa shape index (κ2) is 19.2. The van der Waals surface area contributed by atoms with Gasteiger partial charge in [0.15, 0.2) is 0 Å². The van der Waals surface area contributed by atoms with Crippen LogP contribution < -0.4 is 14.2 Å². The summed E-state index contributed by atoms with van der Waals surface area (Å²) in [6.45, 7) is 13.5. The molecule has 0 aliphatic carbocycles. The van der Waals surface area contributed by atoms with Crippen LogP contribution in [0.3, 0.4) is 0 Å². The molecule has 47 heavy (non-hydrogen) atoms. The number of phosphoric acid groups is 1. The van der Waals surface area contributed by atoms with Crippen LogP contribution in [0.25, 0.3) is 0 Å². The van der Waals surface area contributed by atoms with E-state index in [0.29, 0.717) is 19.3 Å². The minimum Gasteiger partial charge on any atom is -0.496 e. The van der Waals surface area contributed by atoms with Gasteiger partial charge < -0.3 is 14.2 Å². The van der Waals surface area contributed by atoms with Gasteiger partial charge in [-0.05, 0) is 126 Å². The van der Waals surface area contributed by atoms with Gasteiger partial charge in [0.05, 0.1) is 41.2 Å². The van der Waals surface area contributed by atoms with E-state index in [4.69, 9.17) is 27.8 Å². The monoisotopic (exact) mass is 668 g/mol. The fourth-order valence-electron chi connectivity index (χ4n) is 6.83. The molecule has 0 radical (unpaired) electrons. The zero-order valence-corrected chi connectivity index (χ0v) is 31.1. The molecule has 0 unspecified atom stereocenters. The Kier molecular flexibility index (Phi) is 15.8. The van der Waals surface area contributed by atoms with E-state index in [1.165, 1.54) is 33.4 Å². The molecule has 0 aromatic heterocycles. The first-order chi connectivity index (χ1) is 22.8. The molecular formula is C39H57O7P. The summed E-state index contributed by atoms with van der Waals surface area (Å²) in [6, 6.07) is 12.3. The van der Waals surface area contributed by atoms with Gasteiger partial charge in [-0.1, -0.05) is 59.7 Å². The summed E-state index contributed by atoms with van der Waals surface area (Å²) < 4.78 is 49.2. The molecule has 0 aliphatic heterocycles. The van der Waals surface area contributed by atoms with Crippen molar-refractivity contribution >= 4 is 7.82 Å². The molecule has 0 saturated carbocycles. The van der Waals surface area contributed by atoms with Gasteiger partial charge in [0.1, 0.15) is 17.2 Å². The minimum absolute atomic E-state index is 0.214. The van der Waals surface area contributed by atoms with Gasteiger partial charge in [-0.2, -0.15) is 0 Å². The highest BCUT2D eigenvalue weighted by atomic mass is 31.2. The number of benzene rings is 3. The highest BCUT2D eigenvalue weighted by Crippen LogP contribution is 2.50. The number of methoxy groups -OCH3 is 3. The fourth-order valence-corrected chi connectivity index (χ4v) is 8.00. The van der Waals surface area contributed by atoms with Crippen molar-refractivity contribution in [2.24, 2.45) is 0 Å². The quantitative estimate of drug-likeness (QED) is 0.105. The van der Waals surface area contributed by atoms with E-state index in [9.17, 15) is 4.57 Å². The van der Waals surface area contributed by atoms with Gasteiger partial charge >= 0.3 is 7.82 Å². The first kappa shape index (κ1) is 38.6. The number of hydrogen-bond donors (Lipinski definition) is 0. The molecule has 0 saturated heterocycles. The molecule has 0 atom stereocenters. The Morgan fingerprint density at radius 3 is 0.894 bits per heavy atom. The Hall–Kier alpha value is -2.83. The lowest BCUT2D eigenvalue weighted by atomic mass is 9.94. The normalized spacial score (nSPS) is 11.6. The summed E-state index contributed by atoms with van der Waals surface area (Å²) in [4.78, 5) is 0. The molecular weight excluding hydrogens is 611 g/mol. The van der Waals surface area contributed by atoms with Crippen LogP contribution in [0.1, 0.15) is 91.6 Å². The minimum atomic E-state index is -3.88. The van der Waals surface area contributed by atoms with Crippen LogP contribution >= 0.6 is 7.82 Å². The highest BCUT2D eigenvalue weighted by molar-refractivity contribution is 7.48. The standard InChI is InChI=1S/C39H57O7P/c1-10-31-28(16-19-37(41-7)34(31)13-4)22-25-44-47(40,45-26-23-29-17-20-38(42-8)35(14-5)32(29)11-2)46-27-24-30-18-21-39(43-9)36(15-6)33(30)12-3/h16-21H,10-15,22-27H2,1-9H3. The van der Waals surface area contributed by atoms with E-state index in [2.05, 4.69) is 59.7 Å². The summed E-state index contributed by atoms with van der Waals surface area (Å²) in [6.07, 6.45) is 7.04. The molecule has 7 nitrogen and oxygen atoms in total. The lowest BCUT2D eigenvalue weighted by molar-refractivity contribution is 0.115. The Morgan fingerprint density at radius 2 is 0.681 bits per heavy atom. The zero-order valence-electron chi connectivity index (χ0n) is 30.3. The van der Waals surface area contributed by atoms with Crippen LogP contribution in [0.15, 0.2) is 36.4 Å². The van der Waals surface area contributed by atoms with Gasteiger partial charge in [0.25, 0.3) is 0 Å². The van der Waals surface area contributed by atoms with E-state index in [1.54, 1.807) is 21.3 Å². The molecule has 3 aromatic rings. The van der Waals surface area contributed by atoms with Gasteiger partial charge in [-0.3, -0.25) is 13.6 Å². The largest absolute Gasteiger partial charge is 0.496 e. The van der Waals surface area contributed by atoms with Crippen molar-refractivity contribution < 1.29 is 32.3 Å². The van der Waals surface area contributed by atoms with E-state index in [0.717, 1.165) is 72.5 Å². The third-order valence-electron chi connectivity index (χ3n) is 9.10. The van der Waals surface area contributed by atoms with Crippen LogP contribution in [0.4, 0.5) is 0 Å². The molecule has 260 valence electrons. The zero-order chi connectivity index (χ0) is 34.4. The molecule has 8 heteroatoms. The average Bonchev–Trinajstić information content (AvgIpc) is 3.10. The number of hydrogen-bond acceptors (Lipinski definition) is 7. The van der Waals surface area contributed by atoms with Crippen LogP contribution in [-0.2, 0) is 75.9 Å². The second-order valence-electron chi connectivity index (χ2n) is 11.5. The molecule has 0 N–H and O–H groups in total. The molecule has 0 amide bonds. The molecule has 0 fully saturated rings. The number of ether oxygens (including phenoxy) is 3. The summed E-state index contributed by atoms with van der Waals surface area (Å²) in [5, 5.41) is 0. The maximum atomic E-state index is 14.2. The maximum absolute atomic E-state index is 14.2. The summed E-state index contributed by atoms with van der Waals surface area (Å²) in [5.41, 5.74) is 10.9. The molecule has 0 heterocycles. The lowest BCUT2D eigenvalue weighted by Gasteiger charge is -2.21. The van der Waals surface area contributed by atoms with E-state index in [-0.39, 0.29) is 19.8 Å². The summed E-state index contributed by atoms with van der Waals surface area (Å²) in [5.74, 6) is 2.70. The topological polar surface area (TPSA) is 72.5 Å². The van der Waals surface area contributed by atoms with Crippen LogP contribution in [0.5, 0.6) is 17.2 Å². The highest BCUT2D eigenvalue weighted by Gasteiger charge is 2.28. The predicted octanol–water partition coefficient (Wildman–Crippen LogP) is 9.27. The van der Waals surface area contributed by atoms with Crippen molar-refractivity contribution in [2.75, 3.05) is 41.2 Å². The number of rotatable bonds is 21. The van der Waals surface area contributed by atoms with Crippen molar-refractivity contribution in [3.63, 3.8) is 0 Å². The SMILES string of the molecule is CCc1c(CCOP(=O)(OCCc2ccc(OC)c(CC)c2CC)OCCc2ccc(OC)c(CC)c2CC)ccc(OC)c1CC. The second-order valence-corrected chi connectivity index (χ2v) is 13.1. The van der Waals surface area contributed by atoms with Gasteiger partial charge in [-0.15, -0.1) is 0 Å². The van der Waals surface area contributed by atoms with Crippen LogP contribution in [0, 0.1) is 0 Å². The lowest BCUT2D eigenvalue weighted by Crippen LogP contribution is -2.10. The Morgan fingerprint density at radius 1 is 0.426 bits per heavy atom. The van der Waals surface area contributed by atoms with Crippen LogP contribution in [-0.4, -0.2) is 41.2 Å².